The summed E-state index contributed by atoms with van der Waals surface area (Å²) >= 11 is 0. The molecule has 0 aromatic heterocycles. The molecule has 0 rings (SSSR count). The molecule has 0 saturated heterocycles. The average molecular weight is 767 g/mol. The minimum absolute atomic E-state index is 0.00194. The van der Waals surface area contributed by atoms with Gasteiger partial charge in [-0.05, 0) is 5.53 Å². The molecule has 0 atom stereocenters. The van der Waals surface area contributed by atoms with Gasteiger partial charge in [-0.2, -0.15) is 0 Å². The van der Waals surface area contributed by atoms with Crippen molar-refractivity contribution in [2.75, 3.05) is 178 Å². The van der Waals surface area contributed by atoms with Crippen LogP contribution in [0.2, 0.25) is 0 Å². The van der Waals surface area contributed by atoms with Crippen LogP contribution in [0.1, 0.15) is 6.42 Å². The fourth-order valence-electron chi connectivity index (χ4n) is 3.28. The monoisotopic (exact) mass is 766 g/mol. The third-order valence-corrected chi connectivity index (χ3v) is 6.17. The Labute approximate surface area is 299 Å². The molecule has 0 spiro atoms. The van der Waals surface area contributed by atoms with E-state index in [0.29, 0.717) is 159 Å². The van der Waals surface area contributed by atoms with Crippen LogP contribution in [0, 0.1) is 0 Å². The molecule has 0 aromatic rings. The van der Waals surface area contributed by atoms with Crippen molar-refractivity contribution in [3.05, 3.63) is 10.4 Å². The molecule has 0 aliphatic heterocycles. The van der Waals surface area contributed by atoms with Crippen LogP contribution in [0.4, 0.5) is 0 Å². The van der Waals surface area contributed by atoms with Gasteiger partial charge in [0, 0.05) is 24.4 Å². The summed E-state index contributed by atoms with van der Waals surface area (Å²) in [4.78, 5) is 31.2. The lowest BCUT2D eigenvalue weighted by Crippen LogP contribution is -2.28. The van der Waals surface area contributed by atoms with E-state index in [-0.39, 0.29) is 32.1 Å². The maximum Gasteiger partial charge on any atom is 0.469 e. The number of hydrogen-bond acceptors (Lipinski definition) is 16. The van der Waals surface area contributed by atoms with Crippen LogP contribution in [0.15, 0.2) is 5.11 Å². The first-order chi connectivity index (χ1) is 25.0. The van der Waals surface area contributed by atoms with Gasteiger partial charge in [0.1, 0.15) is 0 Å². The highest BCUT2D eigenvalue weighted by Crippen LogP contribution is 2.35. The summed E-state index contributed by atoms with van der Waals surface area (Å²) in [6.45, 7) is 10.5. The van der Waals surface area contributed by atoms with Crippen molar-refractivity contribution in [2.45, 2.75) is 6.42 Å². The van der Waals surface area contributed by atoms with E-state index < -0.39 is 7.82 Å². The van der Waals surface area contributed by atoms with Crippen LogP contribution in [0.3, 0.4) is 0 Å². The zero-order chi connectivity index (χ0) is 37.2. The Hall–Kier alpha value is -1.59. The fourth-order valence-corrected chi connectivity index (χ4v) is 3.61. The summed E-state index contributed by atoms with van der Waals surface area (Å²) in [7, 11) is -4.52. The molecule has 0 aliphatic rings. The molecular formula is C29H59N4O17P. The van der Waals surface area contributed by atoms with Crippen molar-refractivity contribution in [2.24, 2.45) is 5.11 Å². The van der Waals surface area contributed by atoms with Gasteiger partial charge in [0.15, 0.2) is 0 Å². The number of amides is 1. The first-order valence-corrected chi connectivity index (χ1v) is 18.4. The summed E-state index contributed by atoms with van der Waals surface area (Å²) in [6.07, 6.45) is 0.116. The van der Waals surface area contributed by atoms with Crippen LogP contribution >= 0.6 is 7.82 Å². The Kier molecular flexibility index (Phi) is 39.9. The summed E-state index contributed by atoms with van der Waals surface area (Å²) in [5, 5.41) is 5.83. The standard InChI is InChI=1S/C29H59N4O17P/c30-33-32-3-5-39-8-10-41-12-14-43-16-18-45-20-22-47-24-26-49-28-27-48-25-23-46-21-19-44-17-15-42-13-11-40-9-7-38-4-1-29(34)31-2-6-50-51(35,36)37/h1-28H2,(H,31,34)(H2,35,36,37). The summed E-state index contributed by atoms with van der Waals surface area (Å²) in [5.41, 5.74) is 8.14. The number of phosphoric acid groups is 1. The van der Waals surface area contributed by atoms with Crippen molar-refractivity contribution in [3.8, 4) is 0 Å². The van der Waals surface area contributed by atoms with E-state index >= 15 is 0 Å². The Morgan fingerprint density at radius 2 is 0.765 bits per heavy atom. The maximum atomic E-state index is 11.5. The van der Waals surface area contributed by atoms with Crippen LogP contribution in [-0.2, 0) is 70.7 Å². The van der Waals surface area contributed by atoms with Gasteiger partial charge in [-0.25, -0.2) is 4.57 Å². The SMILES string of the molecule is [N-]=[N+]=NCCOCCOCCOCCOCCOCCOCCOCCOCCOCCOCCOCCOCCC(=O)NCCOP(=O)(O)O. The molecule has 3 N–H and O–H groups in total. The zero-order valence-electron chi connectivity index (χ0n) is 29.6. The van der Waals surface area contributed by atoms with Crippen molar-refractivity contribution >= 4 is 13.7 Å². The zero-order valence-corrected chi connectivity index (χ0v) is 30.5. The number of ether oxygens (including phenoxy) is 12. The number of carbonyl (C=O) groups excluding carboxylic acids is 1. The highest BCUT2D eigenvalue weighted by molar-refractivity contribution is 7.46. The first-order valence-electron chi connectivity index (χ1n) is 16.9. The maximum absolute atomic E-state index is 11.5. The third kappa shape index (κ3) is 46.4. The topological polar surface area (TPSA) is 255 Å². The van der Waals surface area contributed by atoms with Crippen molar-refractivity contribution < 1.29 is 80.5 Å². The second kappa shape index (κ2) is 41.2. The molecule has 0 radical (unpaired) electrons. The van der Waals surface area contributed by atoms with Crippen molar-refractivity contribution in [1.82, 2.24) is 5.32 Å². The molecule has 51 heavy (non-hydrogen) atoms. The van der Waals surface area contributed by atoms with E-state index in [1.54, 1.807) is 0 Å². The number of nitrogens with one attached hydrogen (secondary N) is 1. The Bertz CT molecular complexity index is 843. The van der Waals surface area contributed by atoms with Gasteiger partial charge in [-0.3, -0.25) is 9.32 Å². The predicted octanol–water partition coefficient (Wildman–Crippen LogP) is 0.112. The van der Waals surface area contributed by atoms with Gasteiger partial charge < -0.3 is 71.9 Å². The molecule has 0 fully saturated rings. The van der Waals surface area contributed by atoms with Crippen LogP contribution < -0.4 is 5.32 Å². The Morgan fingerprint density at radius 1 is 0.490 bits per heavy atom. The molecule has 302 valence electrons. The molecule has 21 nitrogen and oxygen atoms in total. The quantitative estimate of drug-likeness (QED) is 0.0245. The van der Waals surface area contributed by atoms with E-state index in [2.05, 4.69) is 19.9 Å². The number of azide groups is 1. The number of hydrogen-bond donors (Lipinski definition) is 3. The minimum atomic E-state index is -4.52. The van der Waals surface area contributed by atoms with Gasteiger partial charge in [0.2, 0.25) is 5.91 Å². The number of nitrogens with zero attached hydrogens (tertiary/aromatic N) is 3. The molecule has 0 unspecified atom stereocenters. The third-order valence-electron chi connectivity index (χ3n) is 5.65. The van der Waals surface area contributed by atoms with Gasteiger partial charge in [0.05, 0.1) is 165 Å². The second-order valence-electron chi connectivity index (χ2n) is 9.73. The van der Waals surface area contributed by atoms with E-state index in [1.807, 2.05) is 0 Å². The highest BCUT2D eigenvalue weighted by Gasteiger charge is 2.13. The van der Waals surface area contributed by atoms with Gasteiger partial charge in [0.25, 0.3) is 0 Å². The van der Waals surface area contributed by atoms with Crippen molar-refractivity contribution in [3.63, 3.8) is 0 Å². The largest absolute Gasteiger partial charge is 0.469 e. The molecule has 1 amide bonds. The van der Waals surface area contributed by atoms with Crippen molar-refractivity contribution in [1.29, 1.82) is 0 Å². The number of rotatable bonds is 43. The minimum Gasteiger partial charge on any atom is -0.379 e. The van der Waals surface area contributed by atoms with Gasteiger partial charge >= 0.3 is 7.82 Å². The van der Waals surface area contributed by atoms with Crippen LogP contribution in [0.5, 0.6) is 0 Å². The Balaban J connectivity index is 3.11. The number of phosphoric ester groups is 1. The van der Waals surface area contributed by atoms with E-state index in [1.165, 1.54) is 0 Å². The fraction of sp³-hybridized carbons (Fsp3) is 0.966. The van der Waals surface area contributed by atoms with E-state index in [4.69, 9.17) is 72.2 Å². The lowest BCUT2D eigenvalue weighted by Gasteiger charge is -2.09. The van der Waals surface area contributed by atoms with Gasteiger partial charge in [-0.15, -0.1) is 0 Å². The highest BCUT2D eigenvalue weighted by atomic mass is 31.2. The molecule has 0 bridgehead atoms. The van der Waals surface area contributed by atoms with Gasteiger partial charge in [-0.1, -0.05) is 5.11 Å². The average Bonchev–Trinajstić information content (AvgIpc) is 3.10. The van der Waals surface area contributed by atoms with E-state index in [0.717, 1.165) is 0 Å². The molecule has 22 heteroatoms. The van der Waals surface area contributed by atoms with Crippen LogP contribution in [0.25, 0.3) is 10.4 Å². The molecule has 0 aliphatic carbocycles. The number of carbonyl (C=O) groups is 1. The molecule has 0 heterocycles. The van der Waals surface area contributed by atoms with E-state index in [9.17, 15) is 9.36 Å². The summed E-state index contributed by atoms with van der Waals surface area (Å²) in [5.74, 6) is -0.308. The smallest absolute Gasteiger partial charge is 0.379 e. The second-order valence-corrected chi connectivity index (χ2v) is 11.0. The molecular weight excluding hydrogens is 707 g/mol. The normalized spacial score (nSPS) is 11.6. The lowest BCUT2D eigenvalue weighted by atomic mass is 10.4. The molecule has 0 aromatic carbocycles. The first kappa shape index (κ1) is 49.4. The predicted molar refractivity (Wildman–Crippen MR) is 179 cm³/mol. The van der Waals surface area contributed by atoms with Crippen LogP contribution in [-0.4, -0.2) is 194 Å². The Morgan fingerprint density at radius 3 is 1.04 bits per heavy atom. The lowest BCUT2D eigenvalue weighted by molar-refractivity contribution is -0.122. The molecule has 0 saturated carbocycles. The summed E-state index contributed by atoms with van der Waals surface area (Å²) < 4.78 is 79.5. The summed E-state index contributed by atoms with van der Waals surface area (Å²) in [6, 6.07) is 0.